The Hall–Kier alpha value is -2.87. The number of hydrogen-bond donors (Lipinski definition) is 2. The number of carbonyl (C=O) groups is 2. The summed E-state index contributed by atoms with van der Waals surface area (Å²) in [7, 11) is 0. The average molecular weight is 427 g/mol. The monoisotopic (exact) mass is 426 g/mol. The maximum absolute atomic E-state index is 12.7. The van der Waals surface area contributed by atoms with Crippen LogP contribution in [0.4, 0.5) is 5.82 Å². The van der Waals surface area contributed by atoms with Gasteiger partial charge in [0, 0.05) is 16.7 Å². The van der Waals surface area contributed by atoms with Gasteiger partial charge >= 0.3 is 0 Å². The van der Waals surface area contributed by atoms with Crippen molar-refractivity contribution in [2.24, 2.45) is 0 Å². The number of aromatic nitrogens is 2. The number of aryl methyl sites for hydroxylation is 2. The van der Waals surface area contributed by atoms with Gasteiger partial charge < -0.3 is 15.1 Å². The molecule has 2 heterocycles. The molecule has 8 heteroatoms. The summed E-state index contributed by atoms with van der Waals surface area (Å²) in [6, 6.07) is 8.91. The maximum atomic E-state index is 12.7. The van der Waals surface area contributed by atoms with Gasteiger partial charge in [-0.25, -0.2) is 4.98 Å². The SMILES string of the molecule is Cc1oc2nc(SC(C)C(=O)NC(C)(C)C)nc(NC(=O)c3ccccc3)c2c1C. The second-order valence-corrected chi connectivity index (χ2v) is 9.45. The van der Waals surface area contributed by atoms with Crippen molar-refractivity contribution in [1.29, 1.82) is 0 Å². The molecule has 0 fully saturated rings. The highest BCUT2D eigenvalue weighted by Gasteiger charge is 2.24. The van der Waals surface area contributed by atoms with Gasteiger partial charge in [0.1, 0.15) is 11.6 Å². The number of rotatable bonds is 5. The number of thioether (sulfide) groups is 1. The van der Waals surface area contributed by atoms with Crippen LogP contribution in [0.15, 0.2) is 39.9 Å². The zero-order chi connectivity index (χ0) is 22.1. The lowest BCUT2D eigenvalue weighted by atomic mass is 10.1. The summed E-state index contributed by atoms with van der Waals surface area (Å²) >= 11 is 1.21. The van der Waals surface area contributed by atoms with Gasteiger partial charge in [0.15, 0.2) is 5.16 Å². The molecule has 158 valence electrons. The molecular weight excluding hydrogens is 400 g/mol. The van der Waals surface area contributed by atoms with Crippen molar-refractivity contribution in [3.8, 4) is 0 Å². The van der Waals surface area contributed by atoms with Gasteiger partial charge in [0.2, 0.25) is 11.6 Å². The van der Waals surface area contributed by atoms with E-state index in [1.54, 1.807) is 31.2 Å². The highest BCUT2D eigenvalue weighted by molar-refractivity contribution is 8.00. The molecule has 1 unspecified atom stereocenters. The lowest BCUT2D eigenvalue weighted by molar-refractivity contribution is -0.121. The van der Waals surface area contributed by atoms with Crippen LogP contribution in [0.5, 0.6) is 0 Å². The summed E-state index contributed by atoms with van der Waals surface area (Å²) in [5, 5.41) is 6.42. The smallest absolute Gasteiger partial charge is 0.256 e. The van der Waals surface area contributed by atoms with Crippen LogP contribution in [-0.4, -0.2) is 32.6 Å². The van der Waals surface area contributed by atoms with Crippen molar-refractivity contribution >= 4 is 40.5 Å². The van der Waals surface area contributed by atoms with Gasteiger partial charge in [0.25, 0.3) is 5.91 Å². The van der Waals surface area contributed by atoms with Crippen LogP contribution in [0.1, 0.15) is 49.4 Å². The van der Waals surface area contributed by atoms with Crippen molar-refractivity contribution in [3.63, 3.8) is 0 Å². The van der Waals surface area contributed by atoms with Gasteiger partial charge in [-0.2, -0.15) is 4.98 Å². The minimum absolute atomic E-state index is 0.113. The molecule has 0 bridgehead atoms. The van der Waals surface area contributed by atoms with E-state index in [4.69, 9.17) is 4.42 Å². The second-order valence-electron chi connectivity index (χ2n) is 8.14. The highest BCUT2D eigenvalue weighted by atomic mass is 32.2. The summed E-state index contributed by atoms with van der Waals surface area (Å²) in [6.45, 7) is 11.3. The van der Waals surface area contributed by atoms with Crippen molar-refractivity contribution in [2.45, 2.75) is 57.5 Å². The second kappa shape index (κ2) is 8.47. The van der Waals surface area contributed by atoms with E-state index in [9.17, 15) is 9.59 Å². The molecule has 0 spiro atoms. The molecule has 30 heavy (non-hydrogen) atoms. The van der Waals surface area contributed by atoms with E-state index in [1.165, 1.54) is 11.8 Å². The number of furan rings is 1. The first-order valence-electron chi connectivity index (χ1n) is 9.68. The third kappa shape index (κ3) is 4.99. The van der Waals surface area contributed by atoms with E-state index in [1.807, 2.05) is 40.7 Å². The molecule has 0 aliphatic carbocycles. The first-order chi connectivity index (χ1) is 14.0. The molecule has 2 N–H and O–H groups in total. The van der Waals surface area contributed by atoms with Crippen molar-refractivity contribution in [3.05, 3.63) is 47.2 Å². The summed E-state index contributed by atoms with van der Waals surface area (Å²) in [5.41, 5.74) is 1.44. The van der Waals surface area contributed by atoms with Crippen LogP contribution in [0, 0.1) is 13.8 Å². The highest BCUT2D eigenvalue weighted by Crippen LogP contribution is 2.32. The van der Waals surface area contributed by atoms with Crippen LogP contribution in [0.3, 0.4) is 0 Å². The van der Waals surface area contributed by atoms with Crippen molar-refractivity contribution < 1.29 is 14.0 Å². The van der Waals surface area contributed by atoms with Gasteiger partial charge in [-0.3, -0.25) is 9.59 Å². The Morgan fingerprint density at radius 3 is 2.40 bits per heavy atom. The molecule has 2 aromatic heterocycles. The average Bonchev–Trinajstić information content (AvgIpc) is 2.95. The minimum Gasteiger partial charge on any atom is -0.443 e. The van der Waals surface area contributed by atoms with Crippen molar-refractivity contribution in [1.82, 2.24) is 15.3 Å². The molecule has 2 amide bonds. The minimum atomic E-state index is -0.420. The molecule has 1 atom stereocenters. The number of hydrogen-bond acceptors (Lipinski definition) is 6. The standard InChI is InChI=1S/C22H26N4O3S/c1-12-13(2)29-20-16(12)17(23-19(28)15-10-8-7-9-11-15)24-21(25-20)30-14(3)18(27)26-22(4,5)6/h7-11,14H,1-6H3,(H,26,27)(H,23,24,25,28). The molecule has 1 aromatic carbocycles. The Kier molecular flexibility index (Phi) is 6.17. The predicted molar refractivity (Wildman–Crippen MR) is 119 cm³/mol. The number of carbonyl (C=O) groups excluding carboxylic acids is 2. The number of fused-ring (bicyclic) bond motifs is 1. The van der Waals surface area contributed by atoms with Crippen molar-refractivity contribution in [2.75, 3.05) is 5.32 Å². The van der Waals surface area contributed by atoms with Crippen LogP contribution in [0.25, 0.3) is 11.1 Å². The first-order valence-corrected chi connectivity index (χ1v) is 10.6. The zero-order valence-corrected chi connectivity index (χ0v) is 18.8. The van der Waals surface area contributed by atoms with Gasteiger partial charge in [-0.05, 0) is 53.7 Å². The fourth-order valence-corrected chi connectivity index (χ4v) is 3.59. The molecule has 0 aliphatic heterocycles. The Morgan fingerprint density at radius 1 is 1.10 bits per heavy atom. The third-order valence-corrected chi connectivity index (χ3v) is 5.39. The summed E-state index contributed by atoms with van der Waals surface area (Å²) < 4.78 is 5.77. The molecular formula is C22H26N4O3S. The molecule has 0 saturated carbocycles. The molecule has 0 aliphatic rings. The predicted octanol–water partition coefficient (Wildman–Crippen LogP) is 4.49. The van der Waals surface area contributed by atoms with Crippen LogP contribution >= 0.6 is 11.8 Å². The fourth-order valence-electron chi connectivity index (χ4n) is 2.83. The van der Waals surface area contributed by atoms with E-state index < -0.39 is 5.25 Å². The zero-order valence-electron chi connectivity index (χ0n) is 18.0. The summed E-state index contributed by atoms with van der Waals surface area (Å²) in [5.74, 6) is 0.686. The maximum Gasteiger partial charge on any atom is 0.256 e. The van der Waals surface area contributed by atoms with E-state index in [-0.39, 0.29) is 17.4 Å². The molecule has 3 aromatic rings. The summed E-state index contributed by atoms with van der Waals surface area (Å²) in [4.78, 5) is 34.2. The quantitative estimate of drug-likeness (QED) is 0.461. The fraction of sp³-hybridized carbons (Fsp3) is 0.364. The van der Waals surface area contributed by atoms with Crippen LogP contribution in [0.2, 0.25) is 0 Å². The molecule has 7 nitrogen and oxygen atoms in total. The van der Waals surface area contributed by atoms with Crippen LogP contribution < -0.4 is 10.6 Å². The molecule has 0 radical (unpaired) electrons. The van der Waals surface area contributed by atoms with E-state index in [2.05, 4.69) is 20.6 Å². The number of amides is 2. The Bertz CT molecular complexity index is 1090. The third-order valence-electron chi connectivity index (χ3n) is 4.43. The normalized spacial score (nSPS) is 12.6. The van der Waals surface area contributed by atoms with E-state index >= 15 is 0 Å². The van der Waals surface area contributed by atoms with E-state index in [0.29, 0.717) is 33.4 Å². The van der Waals surface area contributed by atoms with Gasteiger partial charge in [-0.15, -0.1) is 0 Å². The Labute approximate surface area is 180 Å². The van der Waals surface area contributed by atoms with E-state index in [0.717, 1.165) is 5.56 Å². The number of benzene rings is 1. The summed E-state index contributed by atoms with van der Waals surface area (Å²) in [6.07, 6.45) is 0. The topological polar surface area (TPSA) is 97.1 Å². The lowest BCUT2D eigenvalue weighted by Gasteiger charge is -2.22. The number of nitrogens with one attached hydrogen (secondary N) is 2. The number of nitrogens with zero attached hydrogens (tertiary/aromatic N) is 2. The van der Waals surface area contributed by atoms with Gasteiger partial charge in [-0.1, -0.05) is 30.0 Å². The van der Waals surface area contributed by atoms with Gasteiger partial charge in [0.05, 0.1) is 10.6 Å². The molecule has 0 saturated heterocycles. The largest absolute Gasteiger partial charge is 0.443 e. The lowest BCUT2D eigenvalue weighted by Crippen LogP contribution is -2.44. The number of anilines is 1. The Balaban J connectivity index is 1.93. The first kappa shape index (κ1) is 21.8. The molecule has 3 rings (SSSR count). The Morgan fingerprint density at radius 2 is 1.77 bits per heavy atom. The van der Waals surface area contributed by atoms with Crippen LogP contribution in [-0.2, 0) is 4.79 Å².